The Balaban J connectivity index is 1.18. The van der Waals surface area contributed by atoms with Crippen LogP contribution in [0.25, 0.3) is 0 Å². The molecule has 0 bridgehead atoms. The van der Waals surface area contributed by atoms with Crippen molar-refractivity contribution in [3.8, 4) is 6.07 Å². The van der Waals surface area contributed by atoms with Gasteiger partial charge < -0.3 is 31.9 Å². The Morgan fingerprint density at radius 2 is 0.732 bits per heavy atom. The van der Waals surface area contributed by atoms with Crippen LogP contribution in [-0.2, 0) is 0 Å². The van der Waals surface area contributed by atoms with Crippen LogP contribution in [0.1, 0.15) is 62.1 Å². The van der Waals surface area contributed by atoms with E-state index in [1.54, 1.807) is 12.1 Å². The number of nitrogens with zero attached hydrogens (tertiary/aromatic N) is 7. The summed E-state index contributed by atoms with van der Waals surface area (Å²) in [7, 11) is 0. The number of anilines is 10. The molecule has 0 saturated carbocycles. The van der Waals surface area contributed by atoms with Gasteiger partial charge in [-0.3, -0.25) is 0 Å². The first-order valence-corrected chi connectivity index (χ1v) is 18.6. The zero-order valence-electron chi connectivity index (χ0n) is 33.5. The minimum atomic E-state index is 0.360. The monoisotopic (exact) mass is 747 g/mol. The van der Waals surface area contributed by atoms with E-state index >= 15 is 0 Å². The first-order valence-electron chi connectivity index (χ1n) is 18.6. The average molecular weight is 748 g/mol. The first-order chi connectivity index (χ1) is 26.8. The lowest BCUT2D eigenvalue weighted by Gasteiger charge is -2.16. The van der Waals surface area contributed by atoms with Gasteiger partial charge in [-0.2, -0.15) is 35.2 Å². The zero-order chi connectivity index (χ0) is 39.9. The molecule has 0 aliphatic carbocycles. The molecule has 0 aliphatic heterocycles. The minimum absolute atomic E-state index is 0.360. The van der Waals surface area contributed by atoms with E-state index in [0.29, 0.717) is 60.8 Å². The summed E-state index contributed by atoms with van der Waals surface area (Å²) < 4.78 is 0. The normalized spacial score (nSPS) is 10.8. The fraction of sp³-hybridized carbons (Fsp3) is 0.279. The van der Waals surface area contributed by atoms with Gasteiger partial charge >= 0.3 is 0 Å². The van der Waals surface area contributed by atoms with E-state index in [0.717, 1.165) is 56.1 Å². The van der Waals surface area contributed by atoms with Crippen LogP contribution in [0.2, 0.25) is 0 Å². The van der Waals surface area contributed by atoms with Crippen molar-refractivity contribution in [2.45, 2.75) is 68.7 Å². The van der Waals surface area contributed by atoms with Crippen LogP contribution in [0, 0.1) is 73.6 Å². The Morgan fingerprint density at radius 1 is 0.429 bits per heavy atom. The summed E-state index contributed by atoms with van der Waals surface area (Å²) in [5.41, 5.74) is 14.4. The van der Waals surface area contributed by atoms with Crippen LogP contribution < -0.4 is 31.9 Å². The van der Waals surface area contributed by atoms with E-state index in [2.05, 4.69) is 147 Å². The molecule has 0 aliphatic rings. The smallest absolute Gasteiger partial charge is 0.233 e. The molecule has 13 heteroatoms. The van der Waals surface area contributed by atoms with Gasteiger partial charge in [0.2, 0.25) is 35.7 Å². The highest BCUT2D eigenvalue weighted by Crippen LogP contribution is 2.29. The Morgan fingerprint density at radius 3 is 1.05 bits per heavy atom. The largest absolute Gasteiger partial charge is 0.354 e. The molecular formula is C43H49N13. The van der Waals surface area contributed by atoms with Gasteiger partial charge in [-0.05, 0) is 126 Å². The summed E-state index contributed by atoms with van der Waals surface area (Å²) >= 11 is 0. The molecule has 0 radical (unpaired) electrons. The summed E-state index contributed by atoms with van der Waals surface area (Å²) in [6, 6.07) is 22.1. The lowest BCUT2D eigenvalue weighted by atomic mass is 10.1. The quantitative estimate of drug-likeness (QED) is 0.0582. The van der Waals surface area contributed by atoms with Gasteiger partial charge in [0.25, 0.3) is 0 Å². The molecular weight excluding hydrogens is 699 g/mol. The molecule has 6 N–H and O–H groups in total. The third-order valence-corrected chi connectivity index (χ3v) is 9.20. The molecule has 0 amide bonds. The molecule has 4 aromatic carbocycles. The molecule has 0 unspecified atom stereocenters. The van der Waals surface area contributed by atoms with E-state index < -0.39 is 0 Å². The predicted molar refractivity (Wildman–Crippen MR) is 227 cm³/mol. The lowest BCUT2D eigenvalue weighted by Crippen LogP contribution is -2.15. The van der Waals surface area contributed by atoms with Crippen molar-refractivity contribution in [2.75, 3.05) is 45.0 Å². The number of hydrogen-bond acceptors (Lipinski definition) is 13. The number of aromatic nitrogens is 6. The van der Waals surface area contributed by atoms with Gasteiger partial charge in [0, 0.05) is 35.8 Å². The summed E-state index contributed by atoms with van der Waals surface area (Å²) in [5.74, 6) is 2.49. The van der Waals surface area contributed by atoms with Gasteiger partial charge in [-0.15, -0.1) is 0 Å². The molecule has 0 spiro atoms. The van der Waals surface area contributed by atoms with Crippen LogP contribution in [-0.4, -0.2) is 43.0 Å². The second-order valence-electron chi connectivity index (χ2n) is 14.3. The van der Waals surface area contributed by atoms with Crippen molar-refractivity contribution in [2.24, 2.45) is 0 Å². The number of benzene rings is 4. The molecule has 286 valence electrons. The van der Waals surface area contributed by atoms with Crippen LogP contribution in [0.4, 0.5) is 58.4 Å². The molecule has 2 heterocycles. The third-order valence-electron chi connectivity index (χ3n) is 9.20. The van der Waals surface area contributed by atoms with Gasteiger partial charge in [-0.25, -0.2) is 0 Å². The molecule has 0 fully saturated rings. The standard InChI is InChI=1S/C43H49N13/c1-24-17-27(4)35(28(5)18-24)48-41-52-38(51-40(55-41)47-34-13-11-33(23-44)12-14-34)45-15-10-16-46-39-53-42(49-36-29(6)19-25(2)20-30(36)7)56-43(54-39)50-37-31(8)21-26(3)22-32(37)9/h11-14,17-22H,10,15-16H2,1-9H3,(H3,45,47,48,51,52,55)(H3,46,49,50,53,54,56). The second-order valence-corrected chi connectivity index (χ2v) is 14.3. The Kier molecular flexibility index (Phi) is 11.9. The maximum atomic E-state index is 9.22. The highest BCUT2D eigenvalue weighted by atomic mass is 15.3. The fourth-order valence-corrected chi connectivity index (χ4v) is 6.85. The van der Waals surface area contributed by atoms with Crippen molar-refractivity contribution < 1.29 is 0 Å². The van der Waals surface area contributed by atoms with Crippen molar-refractivity contribution in [3.63, 3.8) is 0 Å². The number of aryl methyl sites for hydroxylation is 9. The van der Waals surface area contributed by atoms with Crippen LogP contribution in [0.5, 0.6) is 0 Å². The summed E-state index contributed by atoms with van der Waals surface area (Å²) in [4.78, 5) is 28.3. The maximum Gasteiger partial charge on any atom is 0.233 e. The number of hydrogen-bond donors (Lipinski definition) is 6. The molecule has 0 saturated heterocycles. The predicted octanol–water partition coefficient (Wildman–Crippen LogP) is 9.59. The molecule has 6 rings (SSSR count). The van der Waals surface area contributed by atoms with Crippen molar-refractivity contribution in [3.05, 3.63) is 116 Å². The van der Waals surface area contributed by atoms with E-state index in [4.69, 9.17) is 19.9 Å². The van der Waals surface area contributed by atoms with E-state index in [1.165, 1.54) is 16.7 Å². The molecule has 6 aromatic rings. The van der Waals surface area contributed by atoms with Crippen molar-refractivity contribution >= 4 is 58.4 Å². The van der Waals surface area contributed by atoms with Crippen molar-refractivity contribution in [1.82, 2.24) is 29.9 Å². The second kappa shape index (κ2) is 17.1. The topological polar surface area (TPSA) is 173 Å². The Hall–Kier alpha value is -6.81. The summed E-state index contributed by atoms with van der Waals surface area (Å²) in [6.45, 7) is 19.8. The lowest BCUT2D eigenvalue weighted by molar-refractivity contribution is 0.877. The summed E-state index contributed by atoms with van der Waals surface area (Å²) in [6.07, 6.45) is 0.701. The molecule has 2 aromatic heterocycles. The van der Waals surface area contributed by atoms with Crippen molar-refractivity contribution in [1.29, 1.82) is 5.26 Å². The van der Waals surface area contributed by atoms with Gasteiger partial charge in [0.05, 0.1) is 11.6 Å². The third kappa shape index (κ3) is 9.83. The highest BCUT2D eigenvalue weighted by molar-refractivity contribution is 5.68. The fourth-order valence-electron chi connectivity index (χ4n) is 6.85. The average Bonchev–Trinajstić information content (AvgIpc) is 3.13. The SMILES string of the molecule is Cc1cc(C)c(Nc2nc(NCCCNc3nc(Nc4c(C)cc(C)cc4C)nc(Nc4c(C)cc(C)cc4C)n3)nc(Nc3ccc(C#N)cc3)n2)c(C)c1. The summed E-state index contributed by atoms with van der Waals surface area (Å²) in [5, 5.41) is 29.5. The Bertz CT molecular complexity index is 2270. The number of nitrogens with one attached hydrogen (secondary N) is 6. The number of nitriles is 1. The zero-order valence-corrected chi connectivity index (χ0v) is 33.5. The van der Waals surface area contributed by atoms with Gasteiger partial charge in [0.15, 0.2) is 0 Å². The van der Waals surface area contributed by atoms with Crippen LogP contribution in [0.3, 0.4) is 0 Å². The molecule has 0 atom stereocenters. The van der Waals surface area contributed by atoms with E-state index in [-0.39, 0.29) is 0 Å². The Labute approximate surface area is 328 Å². The molecule has 56 heavy (non-hydrogen) atoms. The maximum absolute atomic E-state index is 9.22. The van der Waals surface area contributed by atoms with Crippen LogP contribution in [0.15, 0.2) is 60.7 Å². The van der Waals surface area contributed by atoms with Crippen LogP contribution >= 0.6 is 0 Å². The number of rotatable bonds is 14. The minimum Gasteiger partial charge on any atom is -0.354 e. The van der Waals surface area contributed by atoms with Gasteiger partial charge in [0.1, 0.15) is 0 Å². The highest BCUT2D eigenvalue weighted by Gasteiger charge is 2.14. The van der Waals surface area contributed by atoms with Gasteiger partial charge in [-0.1, -0.05) is 53.1 Å². The molecule has 13 nitrogen and oxygen atoms in total. The van der Waals surface area contributed by atoms with E-state index in [9.17, 15) is 5.26 Å². The first kappa shape index (κ1) is 38.9. The van der Waals surface area contributed by atoms with E-state index in [1.807, 2.05) is 12.1 Å².